The Hall–Kier alpha value is -0.340. The van der Waals surface area contributed by atoms with Gasteiger partial charge in [0.05, 0.1) is 21.0 Å². The molecular formula is C13H27O4P. The van der Waals surface area contributed by atoms with Gasteiger partial charge in [0, 0.05) is 25.4 Å². The second-order valence-electron chi connectivity index (χ2n) is 5.10. The third-order valence-electron chi connectivity index (χ3n) is 2.37. The van der Waals surface area contributed by atoms with Gasteiger partial charge in [0.25, 0.3) is 0 Å². The first-order chi connectivity index (χ1) is 8.45. The molecule has 0 fully saturated rings. The van der Waals surface area contributed by atoms with Gasteiger partial charge >= 0.3 is 5.97 Å². The summed E-state index contributed by atoms with van der Waals surface area (Å²) in [6.07, 6.45) is 1.65. The number of ether oxygens (including phenoxy) is 2. The number of esters is 1. The van der Waals surface area contributed by atoms with Gasteiger partial charge in [0.1, 0.15) is 0 Å². The molecule has 0 aromatic rings. The van der Waals surface area contributed by atoms with Crippen molar-refractivity contribution in [2.75, 3.05) is 32.1 Å². The maximum Gasteiger partial charge on any atom is 0.305 e. The Kier molecular flexibility index (Phi) is 10.4. The van der Waals surface area contributed by atoms with E-state index in [1.165, 1.54) is 0 Å². The molecule has 0 aliphatic rings. The summed E-state index contributed by atoms with van der Waals surface area (Å²) >= 11 is 0. The first-order valence-electron chi connectivity index (χ1n) is 6.70. The number of carbonyl (C=O) groups is 1. The SMILES string of the molecule is CCC(=O)OCC(C)C[PH](=O)CCOCC(C)C. The zero-order valence-corrected chi connectivity index (χ0v) is 13.0. The highest BCUT2D eigenvalue weighted by Crippen LogP contribution is 2.23. The molecule has 0 aliphatic carbocycles. The third kappa shape index (κ3) is 10.8. The van der Waals surface area contributed by atoms with Gasteiger partial charge in [-0.15, -0.1) is 0 Å². The summed E-state index contributed by atoms with van der Waals surface area (Å²) in [4.78, 5) is 11.0. The zero-order valence-electron chi connectivity index (χ0n) is 12.0. The molecule has 18 heavy (non-hydrogen) atoms. The molecule has 0 N–H and O–H groups in total. The van der Waals surface area contributed by atoms with Crippen LogP contribution in [0.3, 0.4) is 0 Å². The van der Waals surface area contributed by atoms with Crippen LogP contribution in [0.4, 0.5) is 0 Å². The van der Waals surface area contributed by atoms with Crippen LogP contribution in [-0.4, -0.2) is 38.1 Å². The minimum absolute atomic E-state index is 0.164. The van der Waals surface area contributed by atoms with Gasteiger partial charge in [-0.1, -0.05) is 27.7 Å². The second kappa shape index (κ2) is 10.6. The fraction of sp³-hybridized carbons (Fsp3) is 0.923. The highest BCUT2D eigenvalue weighted by molar-refractivity contribution is 7.44. The van der Waals surface area contributed by atoms with Crippen LogP contribution in [0.15, 0.2) is 0 Å². The molecule has 0 spiro atoms. The van der Waals surface area contributed by atoms with Crippen molar-refractivity contribution in [1.29, 1.82) is 0 Å². The summed E-state index contributed by atoms with van der Waals surface area (Å²) in [6.45, 7) is 9.56. The van der Waals surface area contributed by atoms with Gasteiger partial charge in [0.2, 0.25) is 0 Å². The Balaban J connectivity index is 3.58. The molecule has 0 bridgehead atoms. The molecule has 0 aromatic carbocycles. The average Bonchev–Trinajstić information content (AvgIpc) is 2.31. The van der Waals surface area contributed by atoms with Gasteiger partial charge < -0.3 is 14.0 Å². The number of hydrogen-bond donors (Lipinski definition) is 0. The van der Waals surface area contributed by atoms with Crippen molar-refractivity contribution in [3.05, 3.63) is 0 Å². The van der Waals surface area contributed by atoms with E-state index in [2.05, 4.69) is 13.8 Å². The summed E-state index contributed by atoms with van der Waals surface area (Å²) in [5, 5.41) is 0. The van der Waals surface area contributed by atoms with Crippen LogP contribution in [0.5, 0.6) is 0 Å². The van der Waals surface area contributed by atoms with E-state index in [0.717, 1.165) is 6.61 Å². The molecule has 108 valence electrons. The molecule has 2 atom stereocenters. The molecule has 0 heterocycles. The van der Waals surface area contributed by atoms with Gasteiger partial charge in [-0.25, -0.2) is 0 Å². The summed E-state index contributed by atoms with van der Waals surface area (Å²) in [7, 11) is -1.61. The van der Waals surface area contributed by atoms with Crippen molar-refractivity contribution in [3.63, 3.8) is 0 Å². The molecule has 2 unspecified atom stereocenters. The lowest BCUT2D eigenvalue weighted by molar-refractivity contribution is -0.144. The van der Waals surface area contributed by atoms with E-state index in [0.29, 0.717) is 37.9 Å². The molecule has 0 radical (unpaired) electrons. The van der Waals surface area contributed by atoms with E-state index in [4.69, 9.17) is 9.47 Å². The van der Waals surface area contributed by atoms with Crippen molar-refractivity contribution < 1.29 is 18.8 Å². The van der Waals surface area contributed by atoms with Gasteiger partial charge in [-0.3, -0.25) is 4.79 Å². The fourth-order valence-corrected chi connectivity index (χ4v) is 2.86. The van der Waals surface area contributed by atoms with E-state index in [1.807, 2.05) is 6.92 Å². The van der Waals surface area contributed by atoms with E-state index in [9.17, 15) is 9.36 Å². The zero-order chi connectivity index (χ0) is 14.0. The summed E-state index contributed by atoms with van der Waals surface area (Å²) < 4.78 is 22.2. The van der Waals surface area contributed by atoms with Crippen LogP contribution in [0, 0.1) is 11.8 Å². The molecule has 0 saturated carbocycles. The highest BCUT2D eigenvalue weighted by atomic mass is 31.1. The standard InChI is InChI=1S/C13H27O4P/c1-5-13(14)17-9-12(4)10-18(15)7-6-16-8-11(2)3/h11-12,18H,5-10H2,1-4H3. The van der Waals surface area contributed by atoms with Crippen molar-refractivity contribution in [1.82, 2.24) is 0 Å². The highest BCUT2D eigenvalue weighted by Gasteiger charge is 2.10. The molecule has 5 heteroatoms. The molecular weight excluding hydrogens is 251 g/mol. The third-order valence-corrected chi connectivity index (χ3v) is 4.28. The molecule has 0 aliphatic heterocycles. The van der Waals surface area contributed by atoms with Crippen LogP contribution < -0.4 is 0 Å². The quantitative estimate of drug-likeness (QED) is 0.350. The fourth-order valence-electron chi connectivity index (χ4n) is 1.39. The summed E-state index contributed by atoms with van der Waals surface area (Å²) in [5.41, 5.74) is 0. The molecule has 0 aromatic heterocycles. The van der Waals surface area contributed by atoms with Gasteiger partial charge in [-0.2, -0.15) is 0 Å². The van der Waals surface area contributed by atoms with E-state index >= 15 is 0 Å². The number of rotatable bonds is 10. The Morgan fingerprint density at radius 3 is 2.44 bits per heavy atom. The molecule has 0 rings (SSSR count). The van der Waals surface area contributed by atoms with E-state index in [1.54, 1.807) is 6.92 Å². The van der Waals surface area contributed by atoms with Gasteiger partial charge in [0.15, 0.2) is 0 Å². The maximum absolute atomic E-state index is 11.8. The van der Waals surface area contributed by atoms with Crippen LogP contribution in [0.1, 0.15) is 34.1 Å². The van der Waals surface area contributed by atoms with Crippen molar-refractivity contribution in [2.45, 2.75) is 34.1 Å². The Morgan fingerprint density at radius 2 is 1.89 bits per heavy atom. The smallest absolute Gasteiger partial charge is 0.305 e. The molecule has 4 nitrogen and oxygen atoms in total. The monoisotopic (exact) mass is 278 g/mol. The minimum Gasteiger partial charge on any atom is -0.465 e. The summed E-state index contributed by atoms with van der Waals surface area (Å²) in [6, 6.07) is 0. The van der Waals surface area contributed by atoms with E-state index in [-0.39, 0.29) is 11.9 Å². The second-order valence-corrected chi connectivity index (χ2v) is 7.09. The first-order valence-corrected chi connectivity index (χ1v) is 8.53. The summed E-state index contributed by atoms with van der Waals surface area (Å²) in [5.74, 6) is 0.485. The lowest BCUT2D eigenvalue weighted by Gasteiger charge is -2.12. The van der Waals surface area contributed by atoms with Crippen LogP contribution >= 0.6 is 7.80 Å². The lowest BCUT2D eigenvalue weighted by Crippen LogP contribution is -2.13. The number of carbonyl (C=O) groups excluding carboxylic acids is 1. The van der Waals surface area contributed by atoms with Crippen LogP contribution in [0.2, 0.25) is 0 Å². The minimum atomic E-state index is -1.61. The Labute approximate surface area is 111 Å². The van der Waals surface area contributed by atoms with Crippen molar-refractivity contribution in [3.8, 4) is 0 Å². The molecule has 0 amide bonds. The van der Waals surface area contributed by atoms with Crippen molar-refractivity contribution >= 4 is 13.8 Å². The molecule has 0 saturated heterocycles. The lowest BCUT2D eigenvalue weighted by atomic mass is 10.2. The van der Waals surface area contributed by atoms with Gasteiger partial charge in [-0.05, 0) is 11.8 Å². The first kappa shape index (κ1) is 17.7. The van der Waals surface area contributed by atoms with Crippen LogP contribution in [0.25, 0.3) is 0 Å². The predicted octanol–water partition coefficient (Wildman–Crippen LogP) is 2.81. The Morgan fingerprint density at radius 1 is 1.22 bits per heavy atom. The largest absolute Gasteiger partial charge is 0.465 e. The van der Waals surface area contributed by atoms with Crippen molar-refractivity contribution in [2.24, 2.45) is 11.8 Å². The Bertz CT molecular complexity index is 253. The maximum atomic E-state index is 11.8. The predicted molar refractivity (Wildman–Crippen MR) is 74.8 cm³/mol. The topological polar surface area (TPSA) is 52.6 Å². The normalized spacial score (nSPS) is 14.5. The average molecular weight is 278 g/mol. The van der Waals surface area contributed by atoms with Crippen LogP contribution in [-0.2, 0) is 18.8 Å². The number of hydrogen-bond acceptors (Lipinski definition) is 4. The van der Waals surface area contributed by atoms with E-state index < -0.39 is 7.80 Å².